The van der Waals surface area contributed by atoms with Gasteiger partial charge in [-0.25, -0.2) is 4.79 Å². The highest BCUT2D eigenvalue weighted by Gasteiger charge is 2.15. The van der Waals surface area contributed by atoms with Crippen molar-refractivity contribution < 1.29 is 9.53 Å². The Morgan fingerprint density at radius 1 is 1.26 bits per heavy atom. The maximum absolute atomic E-state index is 11.3. The van der Waals surface area contributed by atoms with Crippen molar-refractivity contribution >= 4 is 35.1 Å². The summed E-state index contributed by atoms with van der Waals surface area (Å²) in [5.41, 5.74) is -0.523. The summed E-state index contributed by atoms with van der Waals surface area (Å²) in [6.45, 7) is 6.11. The fraction of sp³-hybridized carbons (Fsp3) is 0.600. The average Bonchev–Trinajstić information content (AvgIpc) is 2.26. The van der Waals surface area contributed by atoms with Gasteiger partial charge >= 0.3 is 6.09 Å². The van der Waals surface area contributed by atoms with Gasteiger partial charge in [-0.05, 0) is 32.4 Å². The van der Waals surface area contributed by atoms with Crippen LogP contribution >= 0.6 is 23.2 Å². The Hall–Kier alpha value is -1.34. The maximum Gasteiger partial charge on any atom is 0.407 e. The zero-order valence-electron chi connectivity index (χ0n) is 10.8. The topological polar surface area (TPSA) is 89.0 Å². The second-order valence-corrected chi connectivity index (χ2v) is 5.27. The number of anilines is 1. The number of hydrogen-bond donors (Lipinski definition) is 2. The van der Waals surface area contributed by atoms with Gasteiger partial charge in [0.2, 0.25) is 5.28 Å². The summed E-state index contributed by atoms with van der Waals surface area (Å²) in [6.07, 6.45) is -0.487. The maximum atomic E-state index is 11.3. The third kappa shape index (κ3) is 6.40. The fourth-order valence-corrected chi connectivity index (χ4v) is 1.33. The molecule has 0 radical (unpaired) electrons. The number of alkyl carbamates (subject to hydrolysis) is 1. The van der Waals surface area contributed by atoms with E-state index < -0.39 is 11.7 Å². The third-order valence-electron chi connectivity index (χ3n) is 1.71. The summed E-state index contributed by atoms with van der Waals surface area (Å²) < 4.78 is 5.07. The summed E-state index contributed by atoms with van der Waals surface area (Å²) in [4.78, 5) is 15.2. The fourth-order valence-electron chi connectivity index (χ4n) is 1.07. The highest BCUT2D eigenvalue weighted by atomic mass is 35.5. The summed E-state index contributed by atoms with van der Waals surface area (Å²) in [7, 11) is 0. The van der Waals surface area contributed by atoms with Crippen molar-refractivity contribution in [2.24, 2.45) is 0 Å². The van der Waals surface area contributed by atoms with Crippen LogP contribution in [0.15, 0.2) is 0 Å². The van der Waals surface area contributed by atoms with Crippen LogP contribution in [0.1, 0.15) is 20.8 Å². The van der Waals surface area contributed by atoms with E-state index in [1.807, 2.05) is 0 Å². The Labute approximate surface area is 121 Å². The molecule has 0 spiro atoms. The summed E-state index contributed by atoms with van der Waals surface area (Å²) in [5, 5.41) is 12.6. The van der Waals surface area contributed by atoms with Gasteiger partial charge in [0.05, 0.1) is 0 Å². The minimum absolute atomic E-state index is 0.00741. The number of ether oxygens (including phenoxy) is 1. The monoisotopic (exact) mass is 307 g/mol. The standard InChI is InChI=1S/C10H15Cl2N5O2/c1-10(2,3)19-9(18)14-5-4-13-7-6(11)16-17-8(12)15-7/h4-5H2,1-3H3,(H,14,18)(H,13,15,17). The van der Waals surface area contributed by atoms with Crippen molar-refractivity contribution in [1.29, 1.82) is 0 Å². The molecule has 0 aliphatic carbocycles. The molecule has 0 fully saturated rings. The van der Waals surface area contributed by atoms with E-state index in [-0.39, 0.29) is 10.4 Å². The summed E-state index contributed by atoms with van der Waals surface area (Å²) in [5.74, 6) is 0.313. The van der Waals surface area contributed by atoms with Crippen molar-refractivity contribution in [1.82, 2.24) is 20.5 Å². The Morgan fingerprint density at radius 2 is 1.95 bits per heavy atom. The number of amides is 1. The van der Waals surface area contributed by atoms with Gasteiger partial charge in [-0.15, -0.1) is 10.2 Å². The molecule has 0 aromatic carbocycles. The highest BCUT2D eigenvalue weighted by Crippen LogP contribution is 2.15. The second-order valence-electron chi connectivity index (χ2n) is 4.58. The molecule has 0 saturated carbocycles. The van der Waals surface area contributed by atoms with Gasteiger partial charge in [0, 0.05) is 13.1 Å². The molecular weight excluding hydrogens is 293 g/mol. The van der Waals surface area contributed by atoms with Gasteiger partial charge in [-0.2, -0.15) is 4.98 Å². The summed E-state index contributed by atoms with van der Waals surface area (Å²) in [6, 6.07) is 0. The van der Waals surface area contributed by atoms with Crippen molar-refractivity contribution in [3.63, 3.8) is 0 Å². The van der Waals surface area contributed by atoms with E-state index in [1.54, 1.807) is 20.8 Å². The molecule has 0 aliphatic rings. The largest absolute Gasteiger partial charge is 0.444 e. The van der Waals surface area contributed by atoms with Crippen LogP contribution in [0.5, 0.6) is 0 Å². The lowest BCUT2D eigenvalue weighted by molar-refractivity contribution is 0.0530. The predicted octanol–water partition coefficient (Wildman–Crippen LogP) is 2.11. The Balaban J connectivity index is 2.31. The van der Waals surface area contributed by atoms with Crippen LogP contribution in [-0.2, 0) is 4.74 Å². The number of rotatable bonds is 4. The lowest BCUT2D eigenvalue weighted by Crippen LogP contribution is -2.35. The van der Waals surface area contributed by atoms with E-state index in [0.717, 1.165) is 0 Å². The van der Waals surface area contributed by atoms with Crippen molar-refractivity contribution in [3.8, 4) is 0 Å². The van der Waals surface area contributed by atoms with Gasteiger partial charge in [0.25, 0.3) is 0 Å². The van der Waals surface area contributed by atoms with E-state index >= 15 is 0 Å². The minimum atomic E-state index is -0.523. The molecule has 1 rings (SSSR count). The van der Waals surface area contributed by atoms with Crippen LogP contribution in [0.25, 0.3) is 0 Å². The molecule has 19 heavy (non-hydrogen) atoms. The van der Waals surface area contributed by atoms with Gasteiger partial charge in [-0.1, -0.05) is 11.6 Å². The molecule has 9 heteroatoms. The molecule has 0 aliphatic heterocycles. The van der Waals surface area contributed by atoms with Gasteiger partial charge in [-0.3, -0.25) is 0 Å². The van der Waals surface area contributed by atoms with Crippen LogP contribution in [-0.4, -0.2) is 40.0 Å². The highest BCUT2D eigenvalue weighted by molar-refractivity contribution is 6.32. The zero-order chi connectivity index (χ0) is 14.5. The van der Waals surface area contributed by atoms with E-state index in [9.17, 15) is 4.79 Å². The Bertz CT molecular complexity index is 450. The molecule has 106 valence electrons. The molecule has 0 bridgehead atoms. The van der Waals surface area contributed by atoms with Crippen LogP contribution in [0, 0.1) is 0 Å². The van der Waals surface area contributed by atoms with Gasteiger partial charge in [0.15, 0.2) is 11.0 Å². The third-order valence-corrected chi connectivity index (χ3v) is 2.12. The van der Waals surface area contributed by atoms with Crippen LogP contribution in [0.2, 0.25) is 10.4 Å². The number of nitrogens with zero attached hydrogens (tertiary/aromatic N) is 3. The molecular formula is C10H15Cl2N5O2. The number of halogens is 2. The number of nitrogens with one attached hydrogen (secondary N) is 2. The molecule has 2 N–H and O–H groups in total. The molecule has 0 atom stereocenters. The second kappa shape index (κ2) is 6.72. The first-order chi connectivity index (χ1) is 8.78. The van der Waals surface area contributed by atoms with Crippen LogP contribution in [0.3, 0.4) is 0 Å². The van der Waals surface area contributed by atoms with Crippen molar-refractivity contribution in [3.05, 3.63) is 10.4 Å². The normalized spacial score (nSPS) is 11.0. The van der Waals surface area contributed by atoms with Crippen LogP contribution < -0.4 is 10.6 Å². The molecule has 7 nitrogen and oxygen atoms in total. The first-order valence-corrected chi connectivity index (χ1v) is 6.30. The van der Waals surface area contributed by atoms with E-state index in [0.29, 0.717) is 18.9 Å². The minimum Gasteiger partial charge on any atom is -0.444 e. The smallest absolute Gasteiger partial charge is 0.407 e. The van der Waals surface area contributed by atoms with Gasteiger partial charge < -0.3 is 15.4 Å². The molecule has 1 amide bonds. The lowest BCUT2D eigenvalue weighted by atomic mass is 10.2. The van der Waals surface area contributed by atoms with E-state index in [4.69, 9.17) is 27.9 Å². The molecule has 0 unspecified atom stereocenters. The zero-order valence-corrected chi connectivity index (χ0v) is 12.3. The average molecular weight is 308 g/mol. The van der Waals surface area contributed by atoms with Crippen molar-refractivity contribution in [2.75, 3.05) is 18.4 Å². The van der Waals surface area contributed by atoms with E-state index in [2.05, 4.69) is 25.8 Å². The first-order valence-electron chi connectivity index (χ1n) is 5.54. The van der Waals surface area contributed by atoms with Crippen molar-refractivity contribution in [2.45, 2.75) is 26.4 Å². The molecule has 1 aromatic rings. The number of carbonyl (C=O) groups is 1. The first kappa shape index (κ1) is 15.7. The molecule has 1 heterocycles. The Morgan fingerprint density at radius 3 is 2.58 bits per heavy atom. The quantitative estimate of drug-likeness (QED) is 0.828. The van der Waals surface area contributed by atoms with Crippen LogP contribution in [0.4, 0.5) is 10.6 Å². The number of carbonyl (C=O) groups excluding carboxylic acids is 1. The SMILES string of the molecule is CC(C)(C)OC(=O)NCCNc1nc(Cl)nnc1Cl. The summed E-state index contributed by atoms with van der Waals surface area (Å²) >= 11 is 11.3. The Kier molecular flexibility index (Phi) is 5.56. The molecule has 0 saturated heterocycles. The van der Waals surface area contributed by atoms with E-state index in [1.165, 1.54) is 0 Å². The number of hydrogen-bond acceptors (Lipinski definition) is 6. The lowest BCUT2D eigenvalue weighted by Gasteiger charge is -2.19. The number of aromatic nitrogens is 3. The van der Waals surface area contributed by atoms with Gasteiger partial charge in [0.1, 0.15) is 5.60 Å². The predicted molar refractivity (Wildman–Crippen MR) is 72.6 cm³/mol. The molecule has 1 aromatic heterocycles.